The second-order valence-corrected chi connectivity index (χ2v) is 4.70. The Kier molecular flexibility index (Phi) is 5.20. The summed E-state index contributed by atoms with van der Waals surface area (Å²) >= 11 is 0. The highest BCUT2D eigenvalue weighted by molar-refractivity contribution is 5.92. The van der Waals surface area contributed by atoms with Crippen LogP contribution < -0.4 is 10.6 Å². The van der Waals surface area contributed by atoms with E-state index in [2.05, 4.69) is 32.5 Å². The van der Waals surface area contributed by atoms with E-state index in [0.717, 1.165) is 24.1 Å². The minimum absolute atomic E-state index is 0.237. The molecule has 1 amide bonds. The lowest BCUT2D eigenvalue weighted by molar-refractivity contribution is 0.0945. The van der Waals surface area contributed by atoms with Crippen molar-refractivity contribution in [2.45, 2.75) is 26.8 Å². The van der Waals surface area contributed by atoms with Gasteiger partial charge in [0, 0.05) is 25.5 Å². The molecule has 2 rings (SSSR count). The maximum absolute atomic E-state index is 12.1. The van der Waals surface area contributed by atoms with Crippen molar-refractivity contribution in [3.8, 4) is 0 Å². The number of pyridine rings is 1. The summed E-state index contributed by atoms with van der Waals surface area (Å²) in [6.07, 6.45) is 7.55. The topological polar surface area (TPSA) is 79.8 Å². The van der Waals surface area contributed by atoms with E-state index in [0.29, 0.717) is 18.1 Å². The largest absolute Gasteiger partial charge is 0.369 e. The first-order valence-corrected chi connectivity index (χ1v) is 6.94. The number of nitrogens with zero attached hydrogens (tertiary/aromatic N) is 3. The molecule has 0 saturated heterocycles. The van der Waals surface area contributed by atoms with Crippen LogP contribution in [0.25, 0.3) is 0 Å². The third-order valence-corrected chi connectivity index (χ3v) is 3.00. The quantitative estimate of drug-likeness (QED) is 0.847. The van der Waals surface area contributed by atoms with Gasteiger partial charge in [-0.1, -0.05) is 6.92 Å². The van der Waals surface area contributed by atoms with Crippen LogP contribution in [-0.2, 0) is 6.54 Å². The summed E-state index contributed by atoms with van der Waals surface area (Å²) in [4.78, 5) is 24.4. The SMILES string of the molecule is CCCNc1cncc(C(=O)NCc2ccncc2C)n1. The zero-order valence-corrected chi connectivity index (χ0v) is 12.3. The molecule has 6 heteroatoms. The molecule has 2 N–H and O–H groups in total. The molecule has 6 nitrogen and oxygen atoms in total. The lowest BCUT2D eigenvalue weighted by Crippen LogP contribution is -2.24. The smallest absolute Gasteiger partial charge is 0.271 e. The normalized spacial score (nSPS) is 10.2. The molecular weight excluding hydrogens is 266 g/mol. The Morgan fingerprint density at radius 1 is 1.24 bits per heavy atom. The van der Waals surface area contributed by atoms with Gasteiger partial charge in [0.15, 0.2) is 0 Å². The first-order valence-electron chi connectivity index (χ1n) is 6.94. The van der Waals surface area contributed by atoms with E-state index in [9.17, 15) is 4.79 Å². The molecule has 0 saturated carbocycles. The summed E-state index contributed by atoms with van der Waals surface area (Å²) in [6.45, 7) is 5.27. The lowest BCUT2D eigenvalue weighted by atomic mass is 10.1. The standard InChI is InChI=1S/C15H19N5O/c1-3-5-18-14-10-17-9-13(20-14)15(21)19-8-12-4-6-16-7-11(12)2/h4,6-7,9-10H,3,5,8H2,1-2H3,(H,18,20)(H,19,21). The molecule has 2 aromatic rings. The van der Waals surface area contributed by atoms with Crippen molar-refractivity contribution in [1.82, 2.24) is 20.3 Å². The first kappa shape index (κ1) is 14.9. The number of aromatic nitrogens is 3. The van der Waals surface area contributed by atoms with Gasteiger partial charge < -0.3 is 10.6 Å². The van der Waals surface area contributed by atoms with Crippen LogP contribution in [0, 0.1) is 6.92 Å². The van der Waals surface area contributed by atoms with Crippen LogP contribution in [0.1, 0.15) is 35.0 Å². The fraction of sp³-hybridized carbons (Fsp3) is 0.333. The number of anilines is 1. The minimum atomic E-state index is -0.237. The summed E-state index contributed by atoms with van der Waals surface area (Å²) in [5.41, 5.74) is 2.39. The van der Waals surface area contributed by atoms with Crippen molar-refractivity contribution < 1.29 is 4.79 Å². The number of carbonyl (C=O) groups excluding carboxylic acids is 1. The van der Waals surface area contributed by atoms with Crippen molar-refractivity contribution in [1.29, 1.82) is 0 Å². The summed E-state index contributed by atoms with van der Waals surface area (Å²) in [5, 5.41) is 5.95. The second-order valence-electron chi connectivity index (χ2n) is 4.70. The molecule has 0 atom stereocenters. The van der Waals surface area contributed by atoms with Crippen LogP contribution in [-0.4, -0.2) is 27.4 Å². The van der Waals surface area contributed by atoms with E-state index in [1.54, 1.807) is 18.6 Å². The minimum Gasteiger partial charge on any atom is -0.369 e. The highest BCUT2D eigenvalue weighted by Gasteiger charge is 2.09. The molecule has 2 aromatic heterocycles. The second kappa shape index (κ2) is 7.33. The van der Waals surface area contributed by atoms with Crippen molar-refractivity contribution >= 4 is 11.7 Å². The average Bonchev–Trinajstić information content (AvgIpc) is 2.52. The summed E-state index contributed by atoms with van der Waals surface area (Å²) in [6, 6.07) is 1.89. The van der Waals surface area contributed by atoms with E-state index >= 15 is 0 Å². The number of rotatable bonds is 6. The van der Waals surface area contributed by atoms with Crippen LogP contribution in [0.5, 0.6) is 0 Å². The van der Waals surface area contributed by atoms with E-state index in [1.807, 2.05) is 13.0 Å². The van der Waals surface area contributed by atoms with Crippen molar-refractivity contribution in [2.75, 3.05) is 11.9 Å². The summed E-state index contributed by atoms with van der Waals surface area (Å²) in [5.74, 6) is 0.378. The first-order chi connectivity index (χ1) is 10.2. The van der Waals surface area contributed by atoms with Gasteiger partial charge in [0.25, 0.3) is 5.91 Å². The predicted molar refractivity (Wildman–Crippen MR) is 81.0 cm³/mol. The number of nitrogens with one attached hydrogen (secondary N) is 2. The monoisotopic (exact) mass is 285 g/mol. The Labute approximate surface area is 124 Å². The molecule has 0 aliphatic heterocycles. The van der Waals surface area contributed by atoms with Gasteiger partial charge >= 0.3 is 0 Å². The van der Waals surface area contributed by atoms with Crippen LogP contribution in [0.4, 0.5) is 5.82 Å². The molecule has 0 aliphatic rings. The average molecular weight is 285 g/mol. The Morgan fingerprint density at radius 3 is 2.86 bits per heavy atom. The Morgan fingerprint density at radius 2 is 2.10 bits per heavy atom. The lowest BCUT2D eigenvalue weighted by Gasteiger charge is -2.08. The van der Waals surface area contributed by atoms with Crippen LogP contribution in [0.2, 0.25) is 0 Å². The van der Waals surface area contributed by atoms with E-state index in [4.69, 9.17) is 0 Å². The number of carbonyl (C=O) groups is 1. The van der Waals surface area contributed by atoms with Crippen molar-refractivity contribution in [3.05, 3.63) is 47.7 Å². The number of amides is 1. The molecule has 0 spiro atoms. The Bertz CT molecular complexity index is 615. The number of hydrogen-bond donors (Lipinski definition) is 2. The molecule has 21 heavy (non-hydrogen) atoms. The van der Waals surface area contributed by atoms with Crippen molar-refractivity contribution in [2.24, 2.45) is 0 Å². The van der Waals surface area contributed by atoms with Gasteiger partial charge in [0.2, 0.25) is 0 Å². The molecular formula is C15H19N5O. The molecule has 0 bridgehead atoms. The highest BCUT2D eigenvalue weighted by Crippen LogP contribution is 2.06. The summed E-state index contributed by atoms with van der Waals surface area (Å²) < 4.78 is 0. The molecule has 0 radical (unpaired) electrons. The maximum Gasteiger partial charge on any atom is 0.271 e. The van der Waals surface area contributed by atoms with Gasteiger partial charge in [-0.3, -0.25) is 14.8 Å². The molecule has 110 valence electrons. The molecule has 2 heterocycles. The molecule has 0 unspecified atom stereocenters. The van der Waals surface area contributed by atoms with Gasteiger partial charge in [-0.25, -0.2) is 4.98 Å². The molecule has 0 fully saturated rings. The zero-order valence-electron chi connectivity index (χ0n) is 12.3. The van der Waals surface area contributed by atoms with Gasteiger partial charge in [0.05, 0.1) is 12.4 Å². The number of hydrogen-bond acceptors (Lipinski definition) is 5. The predicted octanol–water partition coefficient (Wildman–Crippen LogP) is 1.93. The highest BCUT2D eigenvalue weighted by atomic mass is 16.1. The fourth-order valence-corrected chi connectivity index (χ4v) is 1.78. The molecule has 0 aromatic carbocycles. The van der Waals surface area contributed by atoms with E-state index in [-0.39, 0.29) is 5.91 Å². The Balaban J connectivity index is 1.98. The van der Waals surface area contributed by atoms with Crippen LogP contribution in [0.15, 0.2) is 30.9 Å². The third-order valence-electron chi connectivity index (χ3n) is 3.00. The van der Waals surface area contributed by atoms with E-state index < -0.39 is 0 Å². The summed E-state index contributed by atoms with van der Waals surface area (Å²) in [7, 11) is 0. The van der Waals surface area contributed by atoms with E-state index in [1.165, 1.54) is 6.20 Å². The fourth-order valence-electron chi connectivity index (χ4n) is 1.78. The third kappa shape index (κ3) is 4.24. The zero-order chi connectivity index (χ0) is 15.1. The van der Waals surface area contributed by atoms with Crippen LogP contribution >= 0.6 is 0 Å². The maximum atomic E-state index is 12.1. The number of aryl methyl sites for hydroxylation is 1. The van der Waals surface area contributed by atoms with Crippen molar-refractivity contribution in [3.63, 3.8) is 0 Å². The molecule has 0 aliphatic carbocycles. The van der Waals surface area contributed by atoms with Gasteiger partial charge in [0.1, 0.15) is 11.5 Å². The van der Waals surface area contributed by atoms with Gasteiger partial charge in [-0.15, -0.1) is 0 Å². The Hall–Kier alpha value is -2.50. The van der Waals surface area contributed by atoms with Gasteiger partial charge in [-0.05, 0) is 30.5 Å². The van der Waals surface area contributed by atoms with Crippen LogP contribution in [0.3, 0.4) is 0 Å². The van der Waals surface area contributed by atoms with Gasteiger partial charge in [-0.2, -0.15) is 0 Å².